The van der Waals surface area contributed by atoms with E-state index in [4.69, 9.17) is 11.5 Å². The lowest BCUT2D eigenvalue weighted by atomic mass is 10.00. The van der Waals surface area contributed by atoms with Crippen molar-refractivity contribution in [2.45, 2.75) is 153 Å². The zero-order valence-corrected chi connectivity index (χ0v) is 52.2. The maximum Gasteiger partial charge on any atom is 0.244 e. The summed E-state index contributed by atoms with van der Waals surface area (Å²) in [7, 11) is 2.10. The number of nitrogens with two attached hydrogens (primary N) is 2. The Labute approximate surface area is 526 Å². The minimum absolute atomic E-state index is 0.00877. The number of primary amides is 1. The van der Waals surface area contributed by atoms with Crippen LogP contribution < -0.4 is 54.0 Å². The van der Waals surface area contributed by atoms with E-state index in [-0.39, 0.29) is 68.2 Å². The van der Waals surface area contributed by atoms with Crippen LogP contribution in [-0.2, 0) is 68.8 Å². The van der Waals surface area contributed by atoms with Gasteiger partial charge in [-0.15, -0.1) is 0 Å². The molecule has 22 nitrogen and oxygen atoms in total. The molecule has 0 saturated carbocycles. The number of hydrogen-bond donors (Lipinski definition) is 13. The number of rotatable bonds is 25. The average molecular weight is 1260 g/mol. The molecule has 15 N–H and O–H groups in total. The molecular formula is C65H84N12O10S2. The van der Waals surface area contributed by atoms with Gasteiger partial charge in [-0.05, 0) is 84.7 Å². The SMILES string of the molecule is CCCCCCCC(=O)N[C@H](Cc1ccccc1)C(=O)NC1CSSC[C@@H](C(=O)N[C@@H](Cc2c[nH]c3ccccc23)C(N)=O)NC(=O)C(C(C)C)NC(=O)[C@H](CCCCN)NC(=O)[C@@H](Cc2c[nH]c3ccccc23)NC(=O)C(Cc2ccc(O)cc2)NC1=O. The Balaban J connectivity index is 1.27. The van der Waals surface area contributed by atoms with Crippen LogP contribution in [0.1, 0.15) is 101 Å². The smallest absolute Gasteiger partial charge is 0.244 e. The zero-order chi connectivity index (χ0) is 63.8. The summed E-state index contributed by atoms with van der Waals surface area (Å²) in [5, 5.41) is 34.5. The predicted octanol–water partition coefficient (Wildman–Crippen LogP) is 4.53. The van der Waals surface area contributed by atoms with E-state index < -0.39 is 102 Å². The van der Waals surface area contributed by atoms with Crippen LogP contribution in [0.15, 0.2) is 116 Å². The molecule has 2 aromatic heterocycles. The second-order valence-corrected chi connectivity index (χ2v) is 25.4. The van der Waals surface area contributed by atoms with E-state index in [1.165, 1.54) is 12.1 Å². The molecule has 3 unspecified atom stereocenters. The fourth-order valence-corrected chi connectivity index (χ4v) is 12.9. The fraction of sp³-hybridized carbons (Fsp3) is 0.431. The highest BCUT2D eigenvalue weighted by molar-refractivity contribution is 8.76. The van der Waals surface area contributed by atoms with Crippen molar-refractivity contribution in [2.24, 2.45) is 17.4 Å². The zero-order valence-electron chi connectivity index (χ0n) is 50.6. The summed E-state index contributed by atoms with van der Waals surface area (Å²) in [6.07, 6.45) is 8.74. The molecule has 0 radical (unpaired) electrons. The highest BCUT2D eigenvalue weighted by Gasteiger charge is 2.37. The summed E-state index contributed by atoms with van der Waals surface area (Å²) < 4.78 is 0. The van der Waals surface area contributed by atoms with Crippen molar-refractivity contribution in [3.63, 3.8) is 0 Å². The molecule has 6 aromatic rings. The molecular weight excluding hydrogens is 1170 g/mol. The number of aromatic nitrogens is 2. The summed E-state index contributed by atoms with van der Waals surface area (Å²) in [5.41, 5.74) is 16.0. The van der Waals surface area contributed by atoms with Crippen LogP contribution in [0.3, 0.4) is 0 Å². The number of amides is 9. The normalized spacial score (nSPS) is 19.9. The predicted molar refractivity (Wildman–Crippen MR) is 347 cm³/mol. The number of para-hydroxylation sites is 2. The highest BCUT2D eigenvalue weighted by Crippen LogP contribution is 2.26. The van der Waals surface area contributed by atoms with Crippen LogP contribution in [0.4, 0.5) is 0 Å². The van der Waals surface area contributed by atoms with Gasteiger partial charge in [-0.1, -0.05) is 147 Å². The number of unbranched alkanes of at least 4 members (excludes halogenated alkanes) is 5. The van der Waals surface area contributed by atoms with Gasteiger partial charge in [-0.25, -0.2) is 0 Å². The summed E-state index contributed by atoms with van der Waals surface area (Å²) in [6, 6.07) is 19.2. The van der Waals surface area contributed by atoms with Gasteiger partial charge in [0, 0.05) is 77.8 Å². The first kappa shape index (κ1) is 68.1. The molecule has 0 aliphatic carbocycles. The van der Waals surface area contributed by atoms with Gasteiger partial charge in [0.05, 0.1) is 0 Å². The van der Waals surface area contributed by atoms with E-state index in [1.807, 2.05) is 66.7 Å². The number of phenolic OH excluding ortho intramolecular Hbond substituents is 1. The van der Waals surface area contributed by atoms with Gasteiger partial charge in [0.15, 0.2) is 0 Å². The number of nitrogens with one attached hydrogen (secondary N) is 10. The number of phenols is 1. The monoisotopic (exact) mass is 1260 g/mol. The van der Waals surface area contributed by atoms with Crippen molar-refractivity contribution in [2.75, 3.05) is 18.1 Å². The van der Waals surface area contributed by atoms with Gasteiger partial charge in [0.2, 0.25) is 53.2 Å². The second-order valence-electron chi connectivity index (χ2n) is 22.8. The van der Waals surface area contributed by atoms with Crippen LogP contribution in [0.2, 0.25) is 0 Å². The van der Waals surface area contributed by atoms with Gasteiger partial charge in [-0.2, -0.15) is 0 Å². The molecule has 1 aliphatic rings. The minimum Gasteiger partial charge on any atom is -0.508 e. The lowest BCUT2D eigenvalue weighted by Gasteiger charge is -2.29. The minimum atomic E-state index is -1.44. The molecule has 89 heavy (non-hydrogen) atoms. The maximum atomic E-state index is 15.2. The first-order chi connectivity index (χ1) is 42.9. The quantitative estimate of drug-likeness (QED) is 0.0277. The first-order valence-electron chi connectivity index (χ1n) is 30.5. The Morgan fingerprint density at radius 3 is 1.85 bits per heavy atom. The van der Waals surface area contributed by atoms with Crippen LogP contribution >= 0.6 is 21.6 Å². The van der Waals surface area contributed by atoms with Crippen molar-refractivity contribution < 1.29 is 48.3 Å². The highest BCUT2D eigenvalue weighted by atomic mass is 33.1. The number of fused-ring (bicyclic) bond motifs is 2. The standard InChI is InChI=1S/C65H84N12O10S2/c1-4-5-6-7-11-25-56(79)70-51(31-40-18-9-8-10-19-40)60(82)75-54-37-88-89-38-55(63(85)72-50(58(67)80)33-42-35-68-47-22-14-12-20-45(42)47)76-65(87)57(39(2)3)77-59(81)49(24-16-17-30-66)71-62(84)53(34-43-36-69-48-23-15-13-21-46(43)48)74-61(83)52(73-64(54)86)32-41-26-28-44(78)29-27-41/h8-10,12-15,18-23,26-29,35-36,39,49-55,57,68-69,78H,4-7,11,16-17,24-25,30-34,37-38,66H2,1-3H3,(H2,67,80)(H,70,79)(H,71,84)(H,72,85)(H,73,86)(H,74,83)(H,75,82)(H,76,87)(H,77,81)/t49-,50-,51+,52?,53+,54?,55-,57?/m0/s1. The molecule has 1 fully saturated rings. The van der Waals surface area contributed by atoms with Gasteiger partial charge < -0.3 is 69.1 Å². The molecule has 9 amide bonds. The van der Waals surface area contributed by atoms with E-state index >= 15 is 14.4 Å². The largest absolute Gasteiger partial charge is 0.508 e. The van der Waals surface area contributed by atoms with E-state index in [2.05, 4.69) is 59.4 Å². The Hall–Kier alpha value is -8.35. The number of H-pyrrole nitrogens is 2. The Morgan fingerprint density at radius 1 is 0.596 bits per heavy atom. The maximum absolute atomic E-state index is 15.2. The van der Waals surface area contributed by atoms with E-state index in [0.29, 0.717) is 36.0 Å². The Morgan fingerprint density at radius 2 is 1.19 bits per heavy atom. The van der Waals surface area contributed by atoms with Gasteiger partial charge in [-0.3, -0.25) is 43.2 Å². The van der Waals surface area contributed by atoms with Crippen molar-refractivity contribution in [3.05, 3.63) is 138 Å². The number of benzene rings is 4. The number of aromatic amines is 2. The molecule has 0 bridgehead atoms. The molecule has 476 valence electrons. The molecule has 8 atom stereocenters. The first-order valence-corrected chi connectivity index (χ1v) is 33.0. The fourth-order valence-electron chi connectivity index (χ4n) is 10.5. The van der Waals surface area contributed by atoms with E-state index in [1.54, 1.807) is 50.5 Å². The van der Waals surface area contributed by atoms with Gasteiger partial charge in [0.1, 0.15) is 54.1 Å². The van der Waals surface area contributed by atoms with Crippen molar-refractivity contribution in [1.29, 1.82) is 0 Å². The van der Waals surface area contributed by atoms with E-state index in [0.717, 1.165) is 74.6 Å². The lowest BCUT2D eigenvalue weighted by molar-refractivity contribution is -0.136. The molecule has 3 heterocycles. The second kappa shape index (κ2) is 34.4. The van der Waals surface area contributed by atoms with Crippen LogP contribution in [-0.4, -0.2) is 135 Å². The third kappa shape index (κ3) is 20.6. The summed E-state index contributed by atoms with van der Waals surface area (Å²) in [4.78, 5) is 137. The molecule has 4 aromatic carbocycles. The Kier molecular flexibility index (Phi) is 26.4. The van der Waals surface area contributed by atoms with Gasteiger partial charge >= 0.3 is 0 Å². The third-order valence-electron chi connectivity index (χ3n) is 15.6. The van der Waals surface area contributed by atoms with Crippen molar-refractivity contribution >= 4 is 96.6 Å². The molecule has 24 heteroatoms. The van der Waals surface area contributed by atoms with Crippen molar-refractivity contribution in [3.8, 4) is 5.75 Å². The molecule has 1 aliphatic heterocycles. The topological polar surface area (TPSA) is 354 Å². The van der Waals surface area contributed by atoms with Gasteiger partial charge in [0.25, 0.3) is 0 Å². The van der Waals surface area contributed by atoms with Crippen LogP contribution in [0.5, 0.6) is 5.75 Å². The molecule has 7 rings (SSSR count). The average Bonchev–Trinajstić information content (AvgIpc) is 2.78. The van der Waals surface area contributed by atoms with Crippen molar-refractivity contribution in [1.82, 2.24) is 52.5 Å². The number of hydrogen-bond acceptors (Lipinski definition) is 13. The van der Waals surface area contributed by atoms with Crippen LogP contribution in [0, 0.1) is 5.92 Å². The number of aromatic hydroxyl groups is 1. The van der Waals surface area contributed by atoms with Crippen LogP contribution in [0.25, 0.3) is 21.8 Å². The molecule has 1 saturated heterocycles. The number of carbonyl (C=O) groups is 9. The molecule has 0 spiro atoms. The summed E-state index contributed by atoms with van der Waals surface area (Å²) >= 11 is 0. The Bertz CT molecular complexity index is 3360. The summed E-state index contributed by atoms with van der Waals surface area (Å²) in [6.45, 7) is 5.76. The van der Waals surface area contributed by atoms with E-state index in [9.17, 15) is 33.9 Å². The summed E-state index contributed by atoms with van der Waals surface area (Å²) in [5.74, 6) is -7.68. The third-order valence-corrected chi connectivity index (χ3v) is 18.0. The number of carbonyl (C=O) groups excluding carboxylic acids is 9. The lowest BCUT2D eigenvalue weighted by Crippen LogP contribution is -2.62.